The van der Waals surface area contributed by atoms with E-state index in [1.807, 2.05) is 42.2 Å². The van der Waals surface area contributed by atoms with E-state index in [1.54, 1.807) is 0 Å². The van der Waals surface area contributed by atoms with Crippen LogP contribution in [-0.4, -0.2) is 23.4 Å². The van der Waals surface area contributed by atoms with Gasteiger partial charge in [-0.2, -0.15) is 0 Å². The van der Waals surface area contributed by atoms with Crippen LogP contribution in [0.2, 0.25) is 0 Å². The lowest BCUT2D eigenvalue weighted by Crippen LogP contribution is -2.36. The monoisotopic (exact) mass is 248 g/mol. The zero-order valence-electron chi connectivity index (χ0n) is 11.6. The summed E-state index contributed by atoms with van der Waals surface area (Å²) in [7, 11) is 0. The molecular weight excluding hydrogens is 224 g/mol. The summed E-state index contributed by atoms with van der Waals surface area (Å²) in [5.41, 5.74) is 6.87. The third-order valence-electron chi connectivity index (χ3n) is 2.65. The molecule has 18 heavy (non-hydrogen) atoms. The third kappa shape index (κ3) is 5.32. The Hall–Kier alpha value is -1.35. The van der Waals surface area contributed by atoms with Crippen LogP contribution in [0, 0.1) is 5.92 Å². The van der Waals surface area contributed by atoms with Gasteiger partial charge in [0.2, 0.25) is 5.91 Å². The van der Waals surface area contributed by atoms with Crippen molar-refractivity contribution in [1.82, 2.24) is 4.90 Å². The highest BCUT2D eigenvalue weighted by Gasteiger charge is 2.16. The number of carbonyl (C=O) groups excluding carboxylic acids is 1. The second kappa shape index (κ2) is 7.17. The number of hydrogen-bond acceptors (Lipinski definition) is 2. The second-order valence-electron chi connectivity index (χ2n) is 5.34. The fourth-order valence-corrected chi connectivity index (χ4v) is 1.90. The summed E-state index contributed by atoms with van der Waals surface area (Å²) in [6.07, 6.45) is 0.416. The van der Waals surface area contributed by atoms with Gasteiger partial charge in [0.1, 0.15) is 0 Å². The van der Waals surface area contributed by atoms with Crippen LogP contribution in [0.3, 0.4) is 0 Å². The summed E-state index contributed by atoms with van der Waals surface area (Å²) in [5.74, 6) is 0.605. The Kier molecular flexibility index (Phi) is 5.86. The quantitative estimate of drug-likeness (QED) is 0.840. The first-order valence-electron chi connectivity index (χ1n) is 6.56. The predicted octanol–water partition coefficient (Wildman–Crippen LogP) is 2.41. The van der Waals surface area contributed by atoms with E-state index in [4.69, 9.17) is 5.73 Å². The maximum absolute atomic E-state index is 12.1. The van der Waals surface area contributed by atoms with Gasteiger partial charge >= 0.3 is 0 Å². The molecule has 0 radical (unpaired) electrons. The number of nitrogens with two attached hydrogens (primary N) is 1. The van der Waals surface area contributed by atoms with Crippen molar-refractivity contribution in [3.8, 4) is 0 Å². The lowest BCUT2D eigenvalue weighted by Gasteiger charge is -2.25. The topological polar surface area (TPSA) is 46.3 Å². The van der Waals surface area contributed by atoms with Crippen LogP contribution in [0.1, 0.15) is 32.8 Å². The molecule has 0 aliphatic heterocycles. The summed E-state index contributed by atoms with van der Waals surface area (Å²) >= 11 is 0. The highest BCUT2D eigenvalue weighted by atomic mass is 16.2. The minimum Gasteiger partial charge on any atom is -0.338 e. The molecule has 2 N–H and O–H groups in total. The Balaban J connectivity index is 2.69. The summed E-state index contributed by atoms with van der Waals surface area (Å²) in [6, 6.07) is 10.00. The molecule has 0 aliphatic rings. The van der Waals surface area contributed by atoms with Crippen molar-refractivity contribution < 1.29 is 4.79 Å². The van der Waals surface area contributed by atoms with Crippen LogP contribution in [0.4, 0.5) is 0 Å². The van der Waals surface area contributed by atoms with Crippen LogP contribution in [-0.2, 0) is 11.3 Å². The number of benzene rings is 1. The van der Waals surface area contributed by atoms with Gasteiger partial charge in [0.25, 0.3) is 0 Å². The van der Waals surface area contributed by atoms with Gasteiger partial charge in [-0.15, -0.1) is 0 Å². The number of hydrogen-bond donors (Lipinski definition) is 1. The maximum atomic E-state index is 12.1. The molecule has 3 heteroatoms. The molecule has 0 saturated heterocycles. The maximum Gasteiger partial charge on any atom is 0.224 e. The fraction of sp³-hybridized carbons (Fsp3) is 0.533. The van der Waals surface area contributed by atoms with Crippen molar-refractivity contribution in [2.45, 2.75) is 39.8 Å². The Morgan fingerprint density at radius 1 is 1.22 bits per heavy atom. The number of rotatable bonds is 6. The van der Waals surface area contributed by atoms with Crippen LogP contribution < -0.4 is 5.73 Å². The van der Waals surface area contributed by atoms with Gasteiger partial charge in [0, 0.05) is 25.6 Å². The summed E-state index contributed by atoms with van der Waals surface area (Å²) < 4.78 is 0. The van der Waals surface area contributed by atoms with E-state index in [-0.39, 0.29) is 11.9 Å². The molecule has 100 valence electrons. The van der Waals surface area contributed by atoms with E-state index in [0.717, 1.165) is 12.1 Å². The molecular formula is C15H24N2O. The highest BCUT2D eigenvalue weighted by Crippen LogP contribution is 2.09. The average molecular weight is 248 g/mol. The standard InChI is InChI=1S/C15H24N2O/c1-12(2)10-17(15(18)9-13(3)16)11-14-7-5-4-6-8-14/h4-8,12-13H,9-11,16H2,1-3H3. The van der Waals surface area contributed by atoms with Crippen LogP contribution in [0.25, 0.3) is 0 Å². The number of amides is 1. The Morgan fingerprint density at radius 3 is 2.33 bits per heavy atom. The number of carbonyl (C=O) groups is 1. The van der Waals surface area contributed by atoms with Gasteiger partial charge in [-0.3, -0.25) is 4.79 Å². The smallest absolute Gasteiger partial charge is 0.224 e. The van der Waals surface area contributed by atoms with Crippen molar-refractivity contribution in [1.29, 1.82) is 0 Å². The van der Waals surface area contributed by atoms with Gasteiger partial charge in [-0.05, 0) is 18.4 Å². The molecule has 1 unspecified atom stereocenters. The van der Waals surface area contributed by atoms with E-state index < -0.39 is 0 Å². The van der Waals surface area contributed by atoms with Gasteiger partial charge in [0.15, 0.2) is 0 Å². The van der Waals surface area contributed by atoms with E-state index in [1.165, 1.54) is 0 Å². The van der Waals surface area contributed by atoms with Crippen LogP contribution >= 0.6 is 0 Å². The van der Waals surface area contributed by atoms with E-state index >= 15 is 0 Å². The Bertz CT molecular complexity index is 360. The largest absolute Gasteiger partial charge is 0.338 e. The molecule has 0 fully saturated rings. The number of nitrogens with zero attached hydrogens (tertiary/aromatic N) is 1. The first-order valence-corrected chi connectivity index (χ1v) is 6.56. The fourth-order valence-electron chi connectivity index (χ4n) is 1.90. The minimum absolute atomic E-state index is 0.0806. The van der Waals surface area contributed by atoms with E-state index in [2.05, 4.69) is 13.8 Å². The average Bonchev–Trinajstić information content (AvgIpc) is 2.28. The molecule has 3 nitrogen and oxygen atoms in total. The molecule has 1 amide bonds. The van der Waals surface area contributed by atoms with Crippen molar-refractivity contribution in [3.05, 3.63) is 35.9 Å². The highest BCUT2D eigenvalue weighted by molar-refractivity contribution is 5.76. The van der Waals surface area contributed by atoms with Crippen LogP contribution in [0.15, 0.2) is 30.3 Å². The third-order valence-corrected chi connectivity index (χ3v) is 2.65. The normalized spacial score (nSPS) is 12.5. The lowest BCUT2D eigenvalue weighted by atomic mass is 10.1. The van der Waals surface area contributed by atoms with Gasteiger partial charge in [-0.1, -0.05) is 44.2 Å². The van der Waals surface area contributed by atoms with E-state index in [0.29, 0.717) is 18.9 Å². The minimum atomic E-state index is -0.0806. The second-order valence-corrected chi connectivity index (χ2v) is 5.34. The van der Waals surface area contributed by atoms with Crippen molar-refractivity contribution in [3.63, 3.8) is 0 Å². The Labute approximate surface area is 110 Å². The predicted molar refractivity (Wildman–Crippen MR) is 75.0 cm³/mol. The lowest BCUT2D eigenvalue weighted by molar-refractivity contribution is -0.132. The molecule has 1 atom stereocenters. The van der Waals surface area contributed by atoms with Crippen molar-refractivity contribution in [2.24, 2.45) is 11.7 Å². The van der Waals surface area contributed by atoms with Crippen LogP contribution in [0.5, 0.6) is 0 Å². The van der Waals surface area contributed by atoms with Gasteiger partial charge < -0.3 is 10.6 Å². The van der Waals surface area contributed by atoms with E-state index in [9.17, 15) is 4.79 Å². The molecule has 1 aromatic rings. The molecule has 0 aliphatic carbocycles. The first kappa shape index (κ1) is 14.7. The molecule has 0 bridgehead atoms. The van der Waals surface area contributed by atoms with Gasteiger partial charge in [-0.25, -0.2) is 0 Å². The molecule has 1 aromatic carbocycles. The molecule has 1 rings (SSSR count). The SMILES string of the molecule is CC(C)CN(Cc1ccccc1)C(=O)CC(C)N. The van der Waals surface area contributed by atoms with Crippen molar-refractivity contribution in [2.75, 3.05) is 6.54 Å². The summed E-state index contributed by atoms with van der Waals surface area (Å²) in [6.45, 7) is 7.56. The zero-order chi connectivity index (χ0) is 13.5. The van der Waals surface area contributed by atoms with Crippen molar-refractivity contribution >= 4 is 5.91 Å². The zero-order valence-corrected chi connectivity index (χ0v) is 11.6. The Morgan fingerprint density at radius 2 is 1.83 bits per heavy atom. The summed E-state index contributed by atoms with van der Waals surface area (Å²) in [5, 5.41) is 0. The molecule has 0 saturated carbocycles. The molecule has 0 spiro atoms. The molecule has 0 aromatic heterocycles. The molecule has 0 heterocycles. The first-order chi connectivity index (χ1) is 8.49. The van der Waals surface area contributed by atoms with Gasteiger partial charge in [0.05, 0.1) is 0 Å². The summed E-state index contributed by atoms with van der Waals surface area (Å²) in [4.78, 5) is 14.0.